The lowest BCUT2D eigenvalue weighted by Crippen LogP contribution is -2.34. The van der Waals surface area contributed by atoms with E-state index in [9.17, 15) is 23.8 Å². The minimum absolute atomic E-state index is 0.146. The van der Waals surface area contributed by atoms with E-state index in [0.717, 1.165) is 38.5 Å². The Morgan fingerprint density at radius 1 is 0.534 bits per heavy atom. The van der Waals surface area contributed by atoms with Gasteiger partial charge in [0.05, 0.1) is 13.2 Å². The number of esters is 2. The molecule has 336 valence electrons. The largest absolute Gasteiger partial charge is 0.480 e. The van der Waals surface area contributed by atoms with Crippen LogP contribution < -0.4 is 5.73 Å². The Morgan fingerprint density at radius 2 is 0.931 bits per heavy atom. The van der Waals surface area contributed by atoms with Gasteiger partial charge in [-0.1, -0.05) is 178 Å². The Hall–Kier alpha value is -2.56. The molecule has 0 aliphatic carbocycles. The summed E-state index contributed by atoms with van der Waals surface area (Å²) >= 11 is 0. The molecular formula is C46H82NO10P. The summed E-state index contributed by atoms with van der Waals surface area (Å²) in [7, 11) is -4.73. The molecule has 11 nitrogen and oxygen atoms in total. The molecule has 1 unspecified atom stereocenters. The third-order valence-corrected chi connectivity index (χ3v) is 10.5. The standard InChI is InChI=1S/C46H82NO10P/c1-3-5-7-9-11-13-15-17-18-19-20-21-22-23-24-26-27-29-31-33-35-37-44(48)54-39-42(40-55-58(52,53)56-41-43(47)46(50)51)57-45(49)38-36-34-32-30-28-25-16-14-12-10-8-6-4-2/h18-19,21-22,24,26,29,31,42-43H,3-17,20,23,25,27-28,30,32-41,47H2,1-2H3,(H,50,51)(H,52,53)/b19-18+,22-21+,26-24+,31-29+/t42-,43-/m0/s1. The molecule has 0 saturated carbocycles. The lowest BCUT2D eigenvalue weighted by atomic mass is 10.0. The summed E-state index contributed by atoms with van der Waals surface area (Å²) < 4.78 is 32.6. The monoisotopic (exact) mass is 840 g/mol. The summed E-state index contributed by atoms with van der Waals surface area (Å²) in [5, 5.41) is 8.89. The van der Waals surface area contributed by atoms with Crippen molar-refractivity contribution in [2.45, 2.75) is 206 Å². The first-order valence-electron chi connectivity index (χ1n) is 22.7. The summed E-state index contributed by atoms with van der Waals surface area (Å²) in [4.78, 5) is 45.9. The molecule has 0 radical (unpaired) electrons. The van der Waals surface area contributed by atoms with Crippen molar-refractivity contribution in [1.82, 2.24) is 0 Å². The summed E-state index contributed by atoms with van der Waals surface area (Å²) in [6.45, 7) is 2.75. The molecule has 12 heteroatoms. The number of hydrogen-bond donors (Lipinski definition) is 3. The van der Waals surface area contributed by atoms with Gasteiger partial charge >= 0.3 is 25.7 Å². The molecule has 0 fully saturated rings. The molecule has 0 rings (SSSR count). The normalized spacial score (nSPS) is 14.1. The highest BCUT2D eigenvalue weighted by molar-refractivity contribution is 7.47. The number of nitrogens with two attached hydrogens (primary N) is 1. The highest BCUT2D eigenvalue weighted by atomic mass is 31.2. The summed E-state index contributed by atoms with van der Waals surface area (Å²) in [6.07, 6.45) is 46.1. The van der Waals surface area contributed by atoms with Crippen LogP contribution >= 0.6 is 7.82 Å². The van der Waals surface area contributed by atoms with E-state index < -0.39 is 51.1 Å². The molecule has 0 aromatic heterocycles. The number of carboxylic acids is 1. The van der Waals surface area contributed by atoms with Gasteiger partial charge in [-0.15, -0.1) is 0 Å². The quantitative estimate of drug-likeness (QED) is 0.0231. The maximum absolute atomic E-state index is 12.6. The number of rotatable bonds is 42. The molecule has 58 heavy (non-hydrogen) atoms. The second kappa shape index (κ2) is 41.2. The van der Waals surface area contributed by atoms with Crippen LogP contribution in [0.15, 0.2) is 48.6 Å². The zero-order chi connectivity index (χ0) is 42.8. The molecular weight excluding hydrogens is 757 g/mol. The number of carbonyl (C=O) groups is 3. The number of aliphatic carboxylic acids is 1. The average Bonchev–Trinajstić information content (AvgIpc) is 3.20. The second-order valence-corrected chi connectivity index (χ2v) is 16.6. The second-order valence-electron chi connectivity index (χ2n) is 15.2. The van der Waals surface area contributed by atoms with E-state index in [0.29, 0.717) is 19.3 Å². The van der Waals surface area contributed by atoms with Gasteiger partial charge in [-0.25, -0.2) is 4.57 Å². The zero-order valence-corrected chi connectivity index (χ0v) is 37.3. The van der Waals surface area contributed by atoms with Crippen LogP contribution in [0.25, 0.3) is 0 Å². The first-order chi connectivity index (χ1) is 28.1. The van der Waals surface area contributed by atoms with E-state index in [1.165, 1.54) is 109 Å². The van der Waals surface area contributed by atoms with Crippen LogP contribution in [0.1, 0.15) is 194 Å². The van der Waals surface area contributed by atoms with Gasteiger partial charge in [0.25, 0.3) is 0 Å². The summed E-state index contributed by atoms with van der Waals surface area (Å²) in [5.41, 5.74) is 5.33. The fourth-order valence-corrected chi connectivity index (χ4v) is 6.78. The molecule has 4 N–H and O–H groups in total. The number of hydrogen-bond acceptors (Lipinski definition) is 9. The van der Waals surface area contributed by atoms with Crippen LogP contribution in [-0.4, -0.2) is 59.9 Å². The van der Waals surface area contributed by atoms with E-state index in [2.05, 4.69) is 60.9 Å². The highest BCUT2D eigenvalue weighted by Crippen LogP contribution is 2.43. The van der Waals surface area contributed by atoms with Crippen molar-refractivity contribution in [2.75, 3.05) is 19.8 Å². The molecule has 0 aliphatic heterocycles. The Labute approximate surface area is 352 Å². The van der Waals surface area contributed by atoms with Crippen LogP contribution in [0.3, 0.4) is 0 Å². The topological polar surface area (TPSA) is 172 Å². The molecule has 0 saturated heterocycles. The minimum Gasteiger partial charge on any atom is -0.480 e. The van der Waals surface area contributed by atoms with Gasteiger partial charge in [-0.05, 0) is 51.4 Å². The van der Waals surface area contributed by atoms with Gasteiger partial charge in [0, 0.05) is 12.8 Å². The summed E-state index contributed by atoms with van der Waals surface area (Å²) in [6, 6.07) is -1.53. The van der Waals surface area contributed by atoms with Gasteiger partial charge in [0.1, 0.15) is 12.6 Å². The van der Waals surface area contributed by atoms with E-state index in [1.54, 1.807) is 0 Å². The maximum Gasteiger partial charge on any atom is 0.472 e. The van der Waals surface area contributed by atoms with Gasteiger partial charge in [0.15, 0.2) is 6.10 Å². The van der Waals surface area contributed by atoms with Crippen LogP contribution in [0.2, 0.25) is 0 Å². The Kier molecular flexibility index (Phi) is 39.4. The van der Waals surface area contributed by atoms with Crippen molar-refractivity contribution in [3.8, 4) is 0 Å². The Bertz CT molecular complexity index is 1170. The van der Waals surface area contributed by atoms with Crippen molar-refractivity contribution < 1.29 is 47.5 Å². The fourth-order valence-electron chi connectivity index (χ4n) is 6.00. The molecule has 0 heterocycles. The molecule has 0 aromatic carbocycles. The fraction of sp³-hybridized carbons (Fsp3) is 0.761. The maximum atomic E-state index is 12.6. The van der Waals surface area contributed by atoms with Crippen molar-refractivity contribution in [2.24, 2.45) is 5.73 Å². The summed E-state index contributed by atoms with van der Waals surface area (Å²) in [5.74, 6) is -2.45. The van der Waals surface area contributed by atoms with Crippen molar-refractivity contribution in [3.05, 3.63) is 48.6 Å². The van der Waals surface area contributed by atoms with Crippen molar-refractivity contribution in [3.63, 3.8) is 0 Å². The van der Waals surface area contributed by atoms with E-state index >= 15 is 0 Å². The number of phosphoric acid groups is 1. The molecule has 3 atom stereocenters. The third kappa shape index (κ3) is 40.2. The molecule has 0 aliphatic rings. The predicted octanol–water partition coefficient (Wildman–Crippen LogP) is 12.2. The van der Waals surface area contributed by atoms with Crippen LogP contribution in [0, 0.1) is 0 Å². The first-order valence-corrected chi connectivity index (χ1v) is 24.2. The third-order valence-electron chi connectivity index (χ3n) is 9.58. The highest BCUT2D eigenvalue weighted by Gasteiger charge is 2.28. The zero-order valence-electron chi connectivity index (χ0n) is 36.4. The van der Waals surface area contributed by atoms with Crippen LogP contribution in [0.4, 0.5) is 0 Å². The van der Waals surface area contributed by atoms with Gasteiger partial charge < -0.3 is 25.2 Å². The Balaban J connectivity index is 4.41. The lowest BCUT2D eigenvalue weighted by molar-refractivity contribution is -0.161. The van der Waals surface area contributed by atoms with E-state index in [4.69, 9.17) is 24.8 Å². The van der Waals surface area contributed by atoms with Crippen molar-refractivity contribution in [1.29, 1.82) is 0 Å². The number of carboxylic acid groups (broad SMARTS) is 1. The van der Waals surface area contributed by atoms with Gasteiger partial charge in [0.2, 0.25) is 0 Å². The van der Waals surface area contributed by atoms with Gasteiger partial charge in [-0.2, -0.15) is 0 Å². The smallest absolute Gasteiger partial charge is 0.472 e. The lowest BCUT2D eigenvalue weighted by Gasteiger charge is -2.20. The van der Waals surface area contributed by atoms with Crippen LogP contribution in [-0.2, 0) is 37.5 Å². The molecule has 0 amide bonds. The van der Waals surface area contributed by atoms with Gasteiger partial charge in [-0.3, -0.25) is 23.4 Å². The SMILES string of the molecule is CCCCCCCCC/C=C/C/C=C/C/C=C/C/C=C/CCCC(=O)OC[C@@H](COP(=O)(O)OC[C@H](N)C(=O)O)OC(=O)CCCCCCCCCCCCCCC. The number of unbranched alkanes of at least 4 members (excludes halogenated alkanes) is 20. The predicted molar refractivity (Wildman–Crippen MR) is 235 cm³/mol. The number of carbonyl (C=O) groups excluding carboxylic acids is 2. The average molecular weight is 840 g/mol. The van der Waals surface area contributed by atoms with Crippen molar-refractivity contribution >= 4 is 25.7 Å². The minimum atomic E-state index is -4.73. The van der Waals surface area contributed by atoms with E-state index in [-0.39, 0.29) is 19.4 Å². The first kappa shape index (κ1) is 55.4. The Morgan fingerprint density at radius 3 is 1.41 bits per heavy atom. The number of ether oxygens (including phenoxy) is 2. The number of allylic oxidation sites excluding steroid dienone is 8. The molecule has 0 bridgehead atoms. The molecule has 0 aromatic rings. The molecule has 0 spiro atoms. The van der Waals surface area contributed by atoms with E-state index in [1.807, 2.05) is 6.08 Å². The number of phosphoric ester groups is 1. The van der Waals surface area contributed by atoms with Crippen LogP contribution in [0.5, 0.6) is 0 Å².